The minimum absolute atomic E-state index is 0.0182. The lowest BCUT2D eigenvalue weighted by molar-refractivity contribution is -0.122. The molecule has 6 rings (SSSR count). The van der Waals surface area contributed by atoms with Crippen molar-refractivity contribution < 1.29 is 74.0 Å². The van der Waals surface area contributed by atoms with Crippen molar-refractivity contribution in [1.29, 1.82) is 0 Å². The second-order valence-corrected chi connectivity index (χ2v) is 29.6. The van der Waals surface area contributed by atoms with Gasteiger partial charge in [-0.1, -0.05) is 30.3 Å². The molecular weight excluding hydrogens is 1300 g/mol. The Hall–Kier alpha value is -8.04. The highest BCUT2D eigenvalue weighted by Gasteiger charge is 2.31. The molecule has 1 aliphatic rings. The molecule has 0 aliphatic carbocycles. The molecule has 97 heavy (non-hydrogen) atoms. The fraction of sp³-hybridized carbons (Fsp3) is 0.545. The number of H-pyrrole nitrogens is 1. The Morgan fingerprint density at radius 3 is 1.56 bits per heavy atom. The van der Waals surface area contributed by atoms with Gasteiger partial charge in [0.25, 0.3) is 5.91 Å². The smallest absolute Gasteiger partial charge is 0.410 e. The number of fused-ring (bicyclic) bond motifs is 1. The molecule has 3 aromatic carbocycles. The van der Waals surface area contributed by atoms with Crippen LogP contribution in [0.2, 0.25) is 0 Å². The first-order valence-corrected chi connectivity index (χ1v) is 35.2. The number of carbonyl (C=O) groups excluding carboxylic acids is 6. The Labute approximate surface area is 568 Å². The molecule has 1 atom stereocenters. The highest BCUT2D eigenvalue weighted by atomic mass is 32.2. The number of nitrogens with zero attached hydrogens (tertiary/aromatic N) is 6. The number of aromatic amines is 1. The van der Waals surface area contributed by atoms with Gasteiger partial charge >= 0.3 is 18.3 Å². The lowest BCUT2D eigenvalue weighted by Crippen LogP contribution is -2.52. The number of benzene rings is 3. The standard InChI is InChI=1S/C66H96N12O17S2/c1-47(79)55(44-70-59(82)54-45-74(11)56-42-48(14-23-53(56)58(54)81)43-71-60-68-26-27-69-60)73-97(88,89)52-21-17-50(18-22-52)49-15-19-51(20-16-49)96(86,87)72-25-13-37-91-39-41-92-40-38-90-36-12-24-67-57(80)46-75-28-30-76(61(83)93-64(2,3)4)32-34-78(63(85)95-66(8,9)10)35-33-77(31-29-75)62(84)94-65(5,6)7/h14-23,26-27,42,45,55,72-73H,12-13,24-25,28-41,43-44,46H2,1-11H3,(H,67,80)(H,70,82)(H2,68,69,71)/t55-/m0/s1. The molecule has 6 N–H and O–H groups in total. The lowest BCUT2D eigenvalue weighted by atomic mass is 10.1. The molecule has 0 spiro atoms. The first kappa shape index (κ1) is 78.0. The van der Waals surface area contributed by atoms with E-state index in [1.165, 1.54) is 64.2 Å². The summed E-state index contributed by atoms with van der Waals surface area (Å²) in [6, 6.07) is 15.6. The number of aromatic nitrogens is 3. The van der Waals surface area contributed by atoms with E-state index in [0.29, 0.717) is 73.7 Å². The van der Waals surface area contributed by atoms with E-state index in [0.717, 1.165) is 5.56 Å². The molecule has 29 nitrogen and oxygen atoms in total. The van der Waals surface area contributed by atoms with Crippen molar-refractivity contribution in [2.75, 3.05) is 123 Å². The zero-order valence-electron chi connectivity index (χ0n) is 57.4. The average molecular weight is 1390 g/mol. The van der Waals surface area contributed by atoms with Crippen LogP contribution < -0.4 is 30.8 Å². The molecular formula is C66H96N12O17S2. The Kier molecular flexibility index (Phi) is 28.9. The van der Waals surface area contributed by atoms with Crippen molar-refractivity contribution in [3.8, 4) is 11.1 Å². The van der Waals surface area contributed by atoms with Gasteiger partial charge < -0.3 is 68.6 Å². The molecule has 3 heterocycles. The van der Waals surface area contributed by atoms with Gasteiger partial charge in [-0.05, 0) is 135 Å². The van der Waals surface area contributed by atoms with E-state index in [-0.39, 0.29) is 107 Å². The summed E-state index contributed by atoms with van der Waals surface area (Å²) >= 11 is 0. The predicted molar refractivity (Wildman–Crippen MR) is 364 cm³/mol. The summed E-state index contributed by atoms with van der Waals surface area (Å²) in [6.07, 6.45) is 3.89. The van der Waals surface area contributed by atoms with Crippen LogP contribution in [0.4, 0.5) is 20.3 Å². The van der Waals surface area contributed by atoms with E-state index in [1.807, 2.05) is 11.0 Å². The van der Waals surface area contributed by atoms with E-state index in [9.17, 15) is 50.4 Å². The predicted octanol–water partition coefficient (Wildman–Crippen LogP) is 5.46. The molecule has 534 valence electrons. The molecule has 31 heteroatoms. The van der Waals surface area contributed by atoms with Crippen LogP contribution in [-0.4, -0.2) is 228 Å². The lowest BCUT2D eigenvalue weighted by Gasteiger charge is -2.35. The third-order valence-electron chi connectivity index (χ3n) is 14.6. The Balaban J connectivity index is 0.849. The second-order valence-electron chi connectivity index (χ2n) is 26.1. The van der Waals surface area contributed by atoms with Gasteiger partial charge in [-0.25, -0.2) is 40.9 Å². The number of anilines is 1. The molecule has 0 unspecified atom stereocenters. The number of ether oxygens (including phenoxy) is 6. The number of aryl methyl sites for hydroxylation is 1. The summed E-state index contributed by atoms with van der Waals surface area (Å²) in [5.41, 5.74) is -0.425. The number of nitrogens with one attached hydrogen (secondary N) is 6. The highest BCUT2D eigenvalue weighted by Crippen LogP contribution is 2.24. The first-order chi connectivity index (χ1) is 45.7. The minimum atomic E-state index is -4.29. The molecule has 0 bridgehead atoms. The number of amides is 5. The molecule has 2 aromatic heterocycles. The number of imidazole rings is 1. The van der Waals surface area contributed by atoms with Crippen LogP contribution in [0.15, 0.2) is 99.9 Å². The number of rotatable bonds is 29. The molecule has 0 saturated carbocycles. The number of Topliss-reactive ketones (excluding diaryl/α,β-unsaturated/α-hetero) is 1. The largest absolute Gasteiger partial charge is 0.444 e. The zero-order valence-corrected chi connectivity index (χ0v) is 59.1. The van der Waals surface area contributed by atoms with E-state index in [4.69, 9.17) is 28.4 Å². The van der Waals surface area contributed by atoms with Crippen molar-refractivity contribution in [3.05, 3.63) is 107 Å². The fourth-order valence-electron chi connectivity index (χ4n) is 9.62. The normalized spacial score (nSPS) is 14.4. The van der Waals surface area contributed by atoms with Crippen LogP contribution in [0.5, 0.6) is 0 Å². The summed E-state index contributed by atoms with van der Waals surface area (Å²) in [4.78, 5) is 106. The molecule has 1 fully saturated rings. The van der Waals surface area contributed by atoms with Gasteiger partial charge in [0.1, 0.15) is 28.1 Å². The van der Waals surface area contributed by atoms with Crippen LogP contribution >= 0.6 is 0 Å². The maximum absolute atomic E-state index is 13.5. The number of sulfonamides is 2. The molecule has 1 saturated heterocycles. The van der Waals surface area contributed by atoms with Gasteiger partial charge in [-0.15, -0.1) is 0 Å². The summed E-state index contributed by atoms with van der Waals surface area (Å²) in [5, 5.41) is 8.89. The Morgan fingerprint density at radius 2 is 1.08 bits per heavy atom. The zero-order chi connectivity index (χ0) is 71.1. The number of carbonyl (C=O) groups is 6. The average Bonchev–Trinajstić information content (AvgIpc) is 0.874. The summed E-state index contributed by atoms with van der Waals surface area (Å²) < 4.78 is 93.8. The van der Waals surface area contributed by atoms with Crippen molar-refractivity contribution >= 4 is 72.8 Å². The first-order valence-electron chi connectivity index (χ1n) is 32.2. The van der Waals surface area contributed by atoms with Gasteiger partial charge in [0, 0.05) is 123 Å². The molecule has 5 amide bonds. The quantitative estimate of drug-likeness (QED) is 0.0256. The third-order valence-corrected chi connectivity index (χ3v) is 17.6. The maximum Gasteiger partial charge on any atom is 0.410 e. The van der Waals surface area contributed by atoms with Gasteiger partial charge in [0.15, 0.2) is 5.95 Å². The number of pyridine rings is 1. The van der Waals surface area contributed by atoms with Gasteiger partial charge in [0.05, 0.1) is 54.3 Å². The number of hydrogen-bond donors (Lipinski definition) is 6. The topological polar surface area (TPSA) is 350 Å². The molecule has 1 aliphatic heterocycles. The summed E-state index contributed by atoms with van der Waals surface area (Å²) in [6.45, 7) is 20.6. The molecule has 5 aromatic rings. The van der Waals surface area contributed by atoms with Crippen molar-refractivity contribution in [3.63, 3.8) is 0 Å². The fourth-order valence-corrected chi connectivity index (χ4v) is 11.9. The van der Waals surface area contributed by atoms with Crippen molar-refractivity contribution in [2.24, 2.45) is 7.05 Å². The van der Waals surface area contributed by atoms with Gasteiger partial charge in [0.2, 0.25) is 31.4 Å². The van der Waals surface area contributed by atoms with E-state index >= 15 is 0 Å². The van der Waals surface area contributed by atoms with Crippen molar-refractivity contribution in [1.82, 2.24) is 54.2 Å². The van der Waals surface area contributed by atoms with Crippen molar-refractivity contribution in [2.45, 2.75) is 121 Å². The van der Waals surface area contributed by atoms with E-state index in [1.54, 1.807) is 111 Å². The number of ketones is 1. The second kappa shape index (κ2) is 36.0. The van der Waals surface area contributed by atoms with Crippen LogP contribution in [0.3, 0.4) is 0 Å². The van der Waals surface area contributed by atoms with Crippen LogP contribution in [-0.2, 0) is 71.6 Å². The third kappa shape index (κ3) is 26.4. The monoisotopic (exact) mass is 1390 g/mol. The SMILES string of the molecule is CC(=O)[C@H](CNC(=O)c1cn(C)c2cc(CNc3ncc[nH]3)ccc2c1=O)NS(=O)(=O)c1ccc(-c2ccc(S(=O)(=O)NCCCOCCOCCOCCCNC(=O)CN3CCN(C(=O)OC(C)(C)C)CCN(C(=O)OC(C)(C)C)CCN(C(=O)OC(C)(C)C)CC3)cc2)cc1. The maximum atomic E-state index is 13.5. The Bertz CT molecular complexity index is 3680. The summed E-state index contributed by atoms with van der Waals surface area (Å²) in [7, 11) is -6.48. The summed E-state index contributed by atoms with van der Waals surface area (Å²) in [5.74, 6) is -1.04. The van der Waals surface area contributed by atoms with E-state index < -0.39 is 84.8 Å². The Morgan fingerprint density at radius 1 is 0.608 bits per heavy atom. The van der Waals surface area contributed by atoms with Crippen LogP contribution in [0.25, 0.3) is 22.0 Å². The highest BCUT2D eigenvalue weighted by molar-refractivity contribution is 7.89. The van der Waals surface area contributed by atoms with E-state index in [2.05, 4.69) is 35.4 Å². The number of hydrogen-bond acceptors (Lipinski definition) is 20. The minimum Gasteiger partial charge on any atom is -0.444 e. The van der Waals surface area contributed by atoms with Gasteiger partial charge in [-0.2, -0.15) is 4.72 Å². The van der Waals surface area contributed by atoms with Crippen LogP contribution in [0.1, 0.15) is 98.0 Å². The van der Waals surface area contributed by atoms with Crippen LogP contribution in [0, 0.1) is 0 Å². The van der Waals surface area contributed by atoms with Gasteiger partial charge in [-0.3, -0.25) is 24.1 Å². The molecule has 0 radical (unpaired) electrons.